The number of nitrogens with zero attached hydrogens (tertiary/aromatic N) is 3. The molecule has 3 N–H and O–H groups in total. The quantitative estimate of drug-likeness (QED) is 0.296. The first-order chi connectivity index (χ1) is 17.8. The Balaban J connectivity index is 1.66. The Morgan fingerprint density at radius 2 is 2.03 bits per heavy atom. The van der Waals surface area contributed by atoms with Gasteiger partial charge in [0.1, 0.15) is 16.3 Å². The maximum absolute atomic E-state index is 13.1. The van der Waals surface area contributed by atoms with Crippen LogP contribution in [0.1, 0.15) is 62.7 Å². The van der Waals surface area contributed by atoms with Crippen LogP contribution in [-0.2, 0) is 16.6 Å². The molecule has 0 spiro atoms. The molecule has 3 aromatic rings. The normalized spacial score (nSPS) is 21.5. The molecule has 0 amide bonds. The van der Waals surface area contributed by atoms with Crippen molar-refractivity contribution in [2.45, 2.75) is 58.2 Å². The number of hydrogen-bond donors (Lipinski definition) is 3. The van der Waals surface area contributed by atoms with Gasteiger partial charge in [0.15, 0.2) is 0 Å². The molecule has 0 aliphatic heterocycles. The minimum absolute atomic E-state index is 0.181. The second kappa shape index (κ2) is 10.5. The molecule has 11 heteroatoms. The summed E-state index contributed by atoms with van der Waals surface area (Å²) in [7, 11) is 0. The first kappa shape index (κ1) is 27.7. The Hall–Kier alpha value is -3.31. The lowest BCUT2D eigenvalue weighted by Crippen LogP contribution is -2.44. The molecule has 0 saturated heterocycles. The van der Waals surface area contributed by atoms with E-state index >= 15 is 0 Å². The smallest absolute Gasteiger partial charge is 0.433 e. The van der Waals surface area contributed by atoms with E-state index in [4.69, 9.17) is 0 Å². The van der Waals surface area contributed by atoms with Crippen molar-refractivity contribution in [2.24, 2.45) is 11.3 Å². The average Bonchev–Trinajstić information content (AvgIpc) is 3.33. The van der Waals surface area contributed by atoms with E-state index < -0.39 is 34.8 Å². The Morgan fingerprint density at radius 1 is 1.26 bits per heavy atom. The summed E-state index contributed by atoms with van der Waals surface area (Å²) in [5, 5.41) is 24.4. The molecule has 0 bridgehead atoms. The molecule has 1 fully saturated rings. The molecule has 1 aliphatic rings. The maximum atomic E-state index is 13.1. The number of rotatable bonds is 7. The van der Waals surface area contributed by atoms with E-state index in [1.807, 2.05) is 39.0 Å². The molecule has 1 saturated carbocycles. The van der Waals surface area contributed by atoms with Gasteiger partial charge in [0.25, 0.3) is 0 Å². The highest BCUT2D eigenvalue weighted by molar-refractivity contribution is 7.15. The van der Waals surface area contributed by atoms with Gasteiger partial charge in [-0.1, -0.05) is 32.9 Å². The van der Waals surface area contributed by atoms with Crippen LogP contribution in [0, 0.1) is 11.3 Å². The molecule has 2 heterocycles. The molecule has 1 aromatic carbocycles. The van der Waals surface area contributed by atoms with Crippen LogP contribution in [0.4, 0.5) is 24.8 Å². The zero-order valence-corrected chi connectivity index (χ0v) is 22.0. The number of aromatic nitrogens is 3. The number of thiazole rings is 1. The summed E-state index contributed by atoms with van der Waals surface area (Å²) < 4.78 is 39.3. The SMILES string of the molecule is CC/C=C\c1cc(Nc2nccc(C(F)(F)F)n2)cc(-c2cnc([C@@]3(O)CC[C@@H](C(=O)O)C(C)(C)C3)s2)c1. The number of alkyl halides is 3. The lowest BCUT2D eigenvalue weighted by Gasteiger charge is -2.44. The second-order valence-corrected chi connectivity index (χ2v) is 11.2. The lowest BCUT2D eigenvalue weighted by molar-refractivity contribution is -0.154. The number of allylic oxidation sites excluding steroid dienone is 1. The highest BCUT2D eigenvalue weighted by Gasteiger charge is 2.49. The number of aliphatic hydroxyl groups is 1. The molecular formula is C27H29F3N4O3S. The standard InChI is InChI=1S/C27H29F3N4O3S/c1-4-5-6-16-11-17(13-18(12-16)33-24-31-10-8-21(34-24)27(28,29)30)20-14-32-23(38-20)26(37)9-7-19(22(35)36)25(2,3)15-26/h5-6,8,10-14,19,37H,4,7,9,15H2,1-3H3,(H,35,36)(H,31,33,34)/b6-5-/t19-,26+/m0/s1. The number of carboxylic acids is 1. The number of halogens is 3. The topological polar surface area (TPSA) is 108 Å². The maximum Gasteiger partial charge on any atom is 0.433 e. The van der Waals surface area contributed by atoms with Crippen LogP contribution in [0.3, 0.4) is 0 Å². The van der Waals surface area contributed by atoms with Crippen molar-refractivity contribution in [3.63, 3.8) is 0 Å². The van der Waals surface area contributed by atoms with Crippen LogP contribution in [0.2, 0.25) is 0 Å². The van der Waals surface area contributed by atoms with Crippen LogP contribution in [0.15, 0.2) is 42.7 Å². The molecule has 7 nitrogen and oxygen atoms in total. The van der Waals surface area contributed by atoms with Crippen molar-refractivity contribution >= 4 is 35.0 Å². The van der Waals surface area contributed by atoms with Gasteiger partial charge in [0.2, 0.25) is 5.95 Å². The van der Waals surface area contributed by atoms with Gasteiger partial charge in [-0.3, -0.25) is 4.79 Å². The van der Waals surface area contributed by atoms with Gasteiger partial charge >= 0.3 is 12.1 Å². The predicted molar refractivity (Wildman–Crippen MR) is 140 cm³/mol. The average molecular weight is 547 g/mol. The van der Waals surface area contributed by atoms with Crippen LogP contribution in [-0.4, -0.2) is 31.1 Å². The molecule has 0 unspecified atom stereocenters. The van der Waals surface area contributed by atoms with Gasteiger partial charge in [0.05, 0.1) is 10.8 Å². The number of anilines is 2. The highest BCUT2D eigenvalue weighted by Crippen LogP contribution is 2.51. The van der Waals surface area contributed by atoms with Gasteiger partial charge in [-0.2, -0.15) is 13.2 Å². The zero-order chi connectivity index (χ0) is 27.7. The van der Waals surface area contributed by atoms with Crippen molar-refractivity contribution in [3.05, 3.63) is 59.0 Å². The molecule has 38 heavy (non-hydrogen) atoms. The summed E-state index contributed by atoms with van der Waals surface area (Å²) in [5.41, 5.74) is -0.838. The lowest BCUT2D eigenvalue weighted by atomic mass is 9.63. The second-order valence-electron chi connectivity index (χ2n) is 10.2. The minimum Gasteiger partial charge on any atom is -0.481 e. The summed E-state index contributed by atoms with van der Waals surface area (Å²) in [5.74, 6) is -1.59. The van der Waals surface area contributed by atoms with Gasteiger partial charge in [0, 0.05) is 18.1 Å². The number of hydrogen-bond acceptors (Lipinski definition) is 7. The fourth-order valence-electron chi connectivity index (χ4n) is 4.92. The molecule has 4 rings (SSSR count). The van der Waals surface area contributed by atoms with Crippen molar-refractivity contribution in [2.75, 3.05) is 5.32 Å². The summed E-state index contributed by atoms with van der Waals surface area (Å²) in [6.07, 6.45) is 3.69. The van der Waals surface area contributed by atoms with E-state index in [-0.39, 0.29) is 12.4 Å². The zero-order valence-electron chi connectivity index (χ0n) is 21.2. The first-order valence-corrected chi connectivity index (χ1v) is 13.0. The Labute approximate surface area is 222 Å². The molecule has 2 aromatic heterocycles. The summed E-state index contributed by atoms with van der Waals surface area (Å²) in [6.45, 7) is 5.69. The van der Waals surface area contributed by atoms with Gasteiger partial charge < -0.3 is 15.5 Å². The first-order valence-electron chi connectivity index (χ1n) is 12.2. The van der Waals surface area contributed by atoms with Crippen LogP contribution in [0.5, 0.6) is 0 Å². The molecule has 1 aliphatic carbocycles. The van der Waals surface area contributed by atoms with Crippen molar-refractivity contribution in [1.82, 2.24) is 15.0 Å². The Morgan fingerprint density at radius 3 is 2.68 bits per heavy atom. The number of carbonyl (C=O) groups is 1. The largest absolute Gasteiger partial charge is 0.481 e. The van der Waals surface area contributed by atoms with Crippen molar-refractivity contribution in [3.8, 4) is 10.4 Å². The number of aliphatic carboxylic acids is 1. The predicted octanol–water partition coefficient (Wildman–Crippen LogP) is 6.88. The summed E-state index contributed by atoms with van der Waals surface area (Å²) >= 11 is 1.31. The summed E-state index contributed by atoms with van der Waals surface area (Å²) in [6, 6.07) is 6.28. The van der Waals surface area contributed by atoms with Crippen LogP contribution >= 0.6 is 11.3 Å². The van der Waals surface area contributed by atoms with Crippen LogP contribution in [0.25, 0.3) is 16.5 Å². The van der Waals surface area contributed by atoms with E-state index in [0.29, 0.717) is 23.5 Å². The van der Waals surface area contributed by atoms with Crippen molar-refractivity contribution in [1.29, 1.82) is 0 Å². The molecule has 0 radical (unpaired) electrons. The number of nitrogens with one attached hydrogen (secondary N) is 1. The van der Waals surface area contributed by atoms with E-state index in [1.54, 1.807) is 18.3 Å². The molecular weight excluding hydrogens is 517 g/mol. The third-order valence-corrected chi connectivity index (χ3v) is 7.97. The van der Waals surface area contributed by atoms with E-state index in [2.05, 4.69) is 20.3 Å². The monoisotopic (exact) mass is 546 g/mol. The minimum atomic E-state index is -4.59. The van der Waals surface area contributed by atoms with E-state index in [0.717, 1.165) is 34.7 Å². The third-order valence-electron chi connectivity index (χ3n) is 6.73. The Bertz CT molecular complexity index is 1360. The number of carboxylic acid groups (broad SMARTS) is 1. The molecule has 202 valence electrons. The molecule has 2 atom stereocenters. The fraction of sp³-hybridized carbons (Fsp3) is 0.407. The van der Waals surface area contributed by atoms with E-state index in [9.17, 15) is 28.2 Å². The van der Waals surface area contributed by atoms with E-state index in [1.165, 1.54) is 11.3 Å². The van der Waals surface area contributed by atoms with Crippen molar-refractivity contribution < 1.29 is 28.2 Å². The summed E-state index contributed by atoms with van der Waals surface area (Å²) in [4.78, 5) is 24.4. The van der Waals surface area contributed by atoms with Gasteiger partial charge in [-0.15, -0.1) is 11.3 Å². The Kier molecular flexibility index (Phi) is 7.62. The van der Waals surface area contributed by atoms with Crippen LogP contribution < -0.4 is 5.32 Å². The fourth-order valence-corrected chi connectivity index (χ4v) is 5.94. The third kappa shape index (κ3) is 6.05. The van der Waals surface area contributed by atoms with Gasteiger partial charge in [-0.25, -0.2) is 15.0 Å². The highest BCUT2D eigenvalue weighted by atomic mass is 32.1. The number of benzene rings is 1. The van der Waals surface area contributed by atoms with Gasteiger partial charge in [-0.05, 0) is 66.5 Å².